The minimum atomic E-state index is -0.774. The third-order valence-electron chi connectivity index (χ3n) is 3.78. The average Bonchev–Trinajstić information content (AvgIpc) is 2.37. The minimum absolute atomic E-state index is 0.214. The van der Waals surface area contributed by atoms with Crippen molar-refractivity contribution in [2.45, 2.75) is 44.6 Å². The van der Waals surface area contributed by atoms with E-state index < -0.39 is 11.6 Å². The Hall–Kier alpha value is -1.22. The summed E-state index contributed by atoms with van der Waals surface area (Å²) in [7, 11) is 1.80. The highest BCUT2D eigenvalue weighted by atomic mass is 19.2. The lowest BCUT2D eigenvalue weighted by atomic mass is 9.90. The molecule has 0 aliphatic heterocycles. The molecular weight excluding hydrogens is 244 g/mol. The van der Waals surface area contributed by atoms with Gasteiger partial charge in [-0.25, -0.2) is 8.78 Å². The molecule has 0 bridgehead atoms. The summed E-state index contributed by atoms with van der Waals surface area (Å²) in [4.78, 5) is 0. The number of nitrogens with one attached hydrogen (secondary N) is 1. The second kappa shape index (κ2) is 6.80. The monoisotopic (exact) mass is 265 g/mol. The van der Waals surface area contributed by atoms with Crippen LogP contribution in [0.1, 0.15) is 50.1 Å². The van der Waals surface area contributed by atoms with Gasteiger partial charge in [0.05, 0.1) is 6.04 Å². The van der Waals surface area contributed by atoms with E-state index in [9.17, 15) is 8.78 Å². The highest BCUT2D eigenvalue weighted by Gasteiger charge is 2.20. The Morgan fingerprint density at radius 3 is 2.68 bits per heavy atom. The van der Waals surface area contributed by atoms with Crippen LogP contribution in [0.5, 0.6) is 0 Å². The van der Waals surface area contributed by atoms with Crippen LogP contribution in [-0.2, 0) is 0 Å². The Labute approximate surface area is 113 Å². The van der Waals surface area contributed by atoms with E-state index >= 15 is 0 Å². The maximum Gasteiger partial charge on any atom is 0.163 e. The van der Waals surface area contributed by atoms with Crippen molar-refractivity contribution in [3.8, 4) is 0 Å². The van der Waals surface area contributed by atoms with Crippen LogP contribution >= 0.6 is 0 Å². The molecular formula is C16H21F2N. The van der Waals surface area contributed by atoms with Gasteiger partial charge in [0.25, 0.3) is 0 Å². The Balaban J connectivity index is 2.30. The lowest BCUT2D eigenvalue weighted by Crippen LogP contribution is -2.21. The number of allylic oxidation sites excluding steroid dienone is 1. The number of hydrogen-bond acceptors (Lipinski definition) is 1. The zero-order chi connectivity index (χ0) is 13.7. The Kier molecular flexibility index (Phi) is 5.08. The van der Waals surface area contributed by atoms with E-state index in [1.54, 1.807) is 19.2 Å². The van der Waals surface area contributed by atoms with Crippen LogP contribution in [0, 0.1) is 11.6 Å². The van der Waals surface area contributed by atoms with E-state index in [2.05, 4.69) is 11.4 Å². The summed E-state index contributed by atoms with van der Waals surface area (Å²) >= 11 is 0. The molecule has 0 aromatic heterocycles. The second-order valence-corrected chi connectivity index (χ2v) is 5.10. The first kappa shape index (κ1) is 14.2. The molecule has 104 valence electrons. The fourth-order valence-electron chi connectivity index (χ4n) is 2.76. The predicted molar refractivity (Wildman–Crippen MR) is 73.9 cm³/mol. The van der Waals surface area contributed by atoms with Gasteiger partial charge in [-0.2, -0.15) is 0 Å². The average molecular weight is 265 g/mol. The first-order valence-electron chi connectivity index (χ1n) is 7.04. The first-order chi connectivity index (χ1) is 9.24. The van der Waals surface area contributed by atoms with Crippen molar-refractivity contribution in [2.75, 3.05) is 7.05 Å². The maximum absolute atomic E-state index is 13.9. The summed E-state index contributed by atoms with van der Waals surface area (Å²) in [6, 6.07) is 4.19. The zero-order valence-electron chi connectivity index (χ0n) is 11.4. The molecule has 2 rings (SSSR count). The fourth-order valence-corrected chi connectivity index (χ4v) is 2.76. The highest BCUT2D eigenvalue weighted by Crippen LogP contribution is 2.30. The molecule has 1 aliphatic rings. The first-order valence-corrected chi connectivity index (χ1v) is 7.04. The molecule has 0 saturated carbocycles. The number of hydrogen-bond donors (Lipinski definition) is 1. The Morgan fingerprint density at radius 2 is 1.89 bits per heavy atom. The lowest BCUT2D eigenvalue weighted by molar-refractivity contribution is 0.480. The van der Waals surface area contributed by atoms with E-state index in [0.717, 1.165) is 25.3 Å². The van der Waals surface area contributed by atoms with Gasteiger partial charge in [-0.3, -0.25) is 0 Å². The van der Waals surface area contributed by atoms with Crippen molar-refractivity contribution >= 4 is 0 Å². The van der Waals surface area contributed by atoms with Crippen LogP contribution in [0.3, 0.4) is 0 Å². The van der Waals surface area contributed by atoms with E-state index in [1.807, 2.05) is 0 Å². The summed E-state index contributed by atoms with van der Waals surface area (Å²) in [5.74, 6) is -1.51. The van der Waals surface area contributed by atoms with Gasteiger partial charge >= 0.3 is 0 Å². The van der Waals surface area contributed by atoms with Crippen LogP contribution in [0.2, 0.25) is 0 Å². The standard InChI is InChI=1S/C16H21F2N/c1-19-16(12-8-5-3-2-4-6-9-12)13-10-7-11-14(17)15(13)18/h7-8,10-11,16,19H,2-6,9H2,1H3/b12-8+. The molecule has 1 unspecified atom stereocenters. The molecule has 3 heteroatoms. The van der Waals surface area contributed by atoms with Crippen LogP contribution in [0.15, 0.2) is 29.8 Å². The fraction of sp³-hybridized carbons (Fsp3) is 0.500. The van der Waals surface area contributed by atoms with Crippen molar-refractivity contribution < 1.29 is 8.78 Å². The minimum Gasteiger partial charge on any atom is -0.310 e. The molecule has 0 heterocycles. The normalized spacial score (nSPS) is 21.1. The van der Waals surface area contributed by atoms with Crippen LogP contribution in [0.4, 0.5) is 8.78 Å². The van der Waals surface area contributed by atoms with Gasteiger partial charge in [0.2, 0.25) is 0 Å². The molecule has 1 N–H and O–H groups in total. The molecule has 19 heavy (non-hydrogen) atoms. The predicted octanol–water partition coefficient (Wildman–Crippen LogP) is 4.51. The van der Waals surface area contributed by atoms with Gasteiger partial charge in [-0.05, 0) is 38.8 Å². The van der Waals surface area contributed by atoms with E-state index in [0.29, 0.717) is 5.56 Å². The smallest absolute Gasteiger partial charge is 0.163 e. The van der Waals surface area contributed by atoms with E-state index in [-0.39, 0.29) is 6.04 Å². The molecule has 0 spiro atoms. The van der Waals surface area contributed by atoms with Gasteiger partial charge < -0.3 is 5.32 Å². The van der Waals surface area contributed by atoms with E-state index in [4.69, 9.17) is 0 Å². The molecule has 1 nitrogen and oxygen atoms in total. The summed E-state index contributed by atoms with van der Waals surface area (Å²) in [5, 5.41) is 3.13. The van der Waals surface area contributed by atoms with Crippen molar-refractivity contribution in [1.29, 1.82) is 0 Å². The summed E-state index contributed by atoms with van der Waals surface area (Å²) in [6.07, 6.45) is 8.99. The van der Waals surface area contributed by atoms with Gasteiger partial charge in [-0.15, -0.1) is 0 Å². The molecule has 1 aromatic carbocycles. The molecule has 0 amide bonds. The molecule has 0 saturated heterocycles. The number of likely N-dealkylation sites (N-methyl/N-ethyl adjacent to an activating group) is 1. The second-order valence-electron chi connectivity index (χ2n) is 5.10. The molecule has 1 aliphatic carbocycles. The lowest BCUT2D eigenvalue weighted by Gasteiger charge is -2.23. The number of benzene rings is 1. The summed E-state index contributed by atoms with van der Waals surface area (Å²) in [5.41, 5.74) is 1.60. The topological polar surface area (TPSA) is 12.0 Å². The number of halogens is 2. The van der Waals surface area contributed by atoms with Gasteiger partial charge in [0, 0.05) is 5.56 Å². The van der Waals surface area contributed by atoms with Gasteiger partial charge in [0.15, 0.2) is 11.6 Å². The third-order valence-corrected chi connectivity index (χ3v) is 3.78. The zero-order valence-corrected chi connectivity index (χ0v) is 11.4. The van der Waals surface area contributed by atoms with E-state index in [1.165, 1.54) is 24.8 Å². The van der Waals surface area contributed by atoms with Crippen molar-refractivity contribution in [2.24, 2.45) is 0 Å². The Bertz CT molecular complexity index is 454. The number of rotatable bonds is 3. The molecule has 1 aromatic rings. The van der Waals surface area contributed by atoms with Crippen LogP contribution < -0.4 is 5.32 Å². The highest BCUT2D eigenvalue weighted by molar-refractivity contribution is 5.30. The van der Waals surface area contributed by atoms with Crippen molar-refractivity contribution in [1.82, 2.24) is 5.32 Å². The largest absolute Gasteiger partial charge is 0.310 e. The summed E-state index contributed by atoms with van der Waals surface area (Å²) < 4.78 is 27.3. The van der Waals surface area contributed by atoms with Crippen LogP contribution in [-0.4, -0.2) is 7.05 Å². The SMILES string of the molecule is CNC(/C1=C/CCCCCC1)c1cccc(F)c1F. The maximum atomic E-state index is 13.9. The third kappa shape index (κ3) is 3.41. The van der Waals surface area contributed by atoms with Gasteiger partial charge in [-0.1, -0.05) is 36.6 Å². The molecule has 0 radical (unpaired) electrons. The van der Waals surface area contributed by atoms with Crippen LogP contribution in [0.25, 0.3) is 0 Å². The van der Waals surface area contributed by atoms with Gasteiger partial charge in [0.1, 0.15) is 0 Å². The van der Waals surface area contributed by atoms with Crippen molar-refractivity contribution in [3.63, 3.8) is 0 Å². The Morgan fingerprint density at radius 1 is 1.11 bits per heavy atom. The quantitative estimate of drug-likeness (QED) is 0.793. The molecule has 0 fully saturated rings. The van der Waals surface area contributed by atoms with Crippen molar-refractivity contribution in [3.05, 3.63) is 47.0 Å². The summed E-state index contributed by atoms with van der Waals surface area (Å²) in [6.45, 7) is 0. The molecule has 1 atom stereocenters.